The lowest BCUT2D eigenvalue weighted by molar-refractivity contribution is -0.138. The van der Waals surface area contributed by atoms with E-state index >= 15 is 0 Å². The largest absolute Gasteiger partial charge is 0.480 e. The second-order valence-electron chi connectivity index (χ2n) is 5.66. The number of halogens is 3. The van der Waals surface area contributed by atoms with Crippen molar-refractivity contribution in [3.8, 4) is 0 Å². The monoisotopic (exact) mass is 398 g/mol. The first-order chi connectivity index (χ1) is 11.8. The normalized spacial score (nSPS) is 18.8. The van der Waals surface area contributed by atoms with E-state index in [-0.39, 0.29) is 12.3 Å². The third-order valence-electron chi connectivity index (χ3n) is 3.93. The van der Waals surface area contributed by atoms with Crippen molar-refractivity contribution in [1.29, 1.82) is 0 Å². The maximum absolute atomic E-state index is 12.5. The first-order valence-corrected chi connectivity index (χ1v) is 8.53. The van der Waals surface area contributed by atoms with Crippen LogP contribution < -0.4 is 10.6 Å². The lowest BCUT2D eigenvalue weighted by Crippen LogP contribution is -2.41. The number of benzene rings is 2. The predicted octanol–water partition coefficient (Wildman–Crippen LogP) is 4.39. The SMILES string of the molecule is O=C(NC1CC(C(=O)O)Nc2cc(Cl)cc(Cl)c21)c1cccc(Cl)c1. The second kappa shape index (κ2) is 7.12. The summed E-state index contributed by atoms with van der Waals surface area (Å²) in [5.41, 5.74) is 1.48. The van der Waals surface area contributed by atoms with Gasteiger partial charge in [0, 0.05) is 38.3 Å². The molecule has 1 heterocycles. The van der Waals surface area contributed by atoms with Crippen molar-refractivity contribution in [2.45, 2.75) is 18.5 Å². The van der Waals surface area contributed by atoms with Crippen molar-refractivity contribution >= 4 is 52.4 Å². The molecule has 2 atom stereocenters. The van der Waals surface area contributed by atoms with Crippen LogP contribution in [0.3, 0.4) is 0 Å². The molecule has 1 amide bonds. The van der Waals surface area contributed by atoms with Gasteiger partial charge in [-0.05, 0) is 30.3 Å². The van der Waals surface area contributed by atoms with Crippen LogP contribution >= 0.6 is 34.8 Å². The van der Waals surface area contributed by atoms with Crippen LogP contribution in [0, 0.1) is 0 Å². The summed E-state index contributed by atoms with van der Waals surface area (Å²) in [5, 5.41) is 16.2. The van der Waals surface area contributed by atoms with E-state index in [1.807, 2.05) is 0 Å². The molecule has 0 radical (unpaired) electrons. The van der Waals surface area contributed by atoms with Crippen LogP contribution in [0.2, 0.25) is 15.1 Å². The van der Waals surface area contributed by atoms with Gasteiger partial charge >= 0.3 is 5.97 Å². The number of carboxylic acid groups (broad SMARTS) is 1. The molecule has 5 nitrogen and oxygen atoms in total. The van der Waals surface area contributed by atoms with Gasteiger partial charge in [-0.15, -0.1) is 0 Å². The first kappa shape index (κ1) is 17.9. The molecule has 1 aliphatic heterocycles. The Bertz CT molecular complexity index is 857. The lowest BCUT2D eigenvalue weighted by Gasteiger charge is -2.32. The predicted molar refractivity (Wildman–Crippen MR) is 97.8 cm³/mol. The van der Waals surface area contributed by atoms with E-state index in [1.54, 1.807) is 30.3 Å². The number of anilines is 1. The first-order valence-electron chi connectivity index (χ1n) is 7.40. The molecule has 2 aromatic carbocycles. The second-order valence-corrected chi connectivity index (χ2v) is 6.94. The van der Waals surface area contributed by atoms with Crippen LogP contribution in [0.15, 0.2) is 36.4 Å². The number of amides is 1. The highest BCUT2D eigenvalue weighted by molar-refractivity contribution is 6.35. The van der Waals surface area contributed by atoms with Crippen LogP contribution in [-0.2, 0) is 4.79 Å². The molecule has 1 aliphatic rings. The Balaban J connectivity index is 1.95. The summed E-state index contributed by atoms with van der Waals surface area (Å²) in [4.78, 5) is 23.9. The maximum Gasteiger partial charge on any atom is 0.326 e. The van der Waals surface area contributed by atoms with Gasteiger partial charge in [0.15, 0.2) is 0 Å². The van der Waals surface area contributed by atoms with Crippen molar-refractivity contribution in [3.63, 3.8) is 0 Å². The molecule has 25 heavy (non-hydrogen) atoms. The van der Waals surface area contributed by atoms with Gasteiger partial charge in [-0.1, -0.05) is 40.9 Å². The van der Waals surface area contributed by atoms with Gasteiger partial charge in [-0.3, -0.25) is 4.79 Å². The molecule has 0 spiro atoms. The zero-order valence-corrected chi connectivity index (χ0v) is 15.0. The minimum Gasteiger partial charge on any atom is -0.480 e. The molecular weight excluding hydrogens is 387 g/mol. The zero-order valence-electron chi connectivity index (χ0n) is 12.7. The Morgan fingerprint density at radius 3 is 2.56 bits per heavy atom. The van der Waals surface area contributed by atoms with E-state index in [4.69, 9.17) is 34.8 Å². The average Bonchev–Trinajstić information content (AvgIpc) is 2.53. The molecule has 0 saturated heterocycles. The van der Waals surface area contributed by atoms with Gasteiger partial charge in [0.25, 0.3) is 5.91 Å². The summed E-state index contributed by atoms with van der Waals surface area (Å²) in [5.74, 6) is -1.39. The van der Waals surface area contributed by atoms with Crippen molar-refractivity contribution in [2.24, 2.45) is 0 Å². The maximum atomic E-state index is 12.5. The Labute approximate surface area is 158 Å². The Morgan fingerprint density at radius 1 is 1.12 bits per heavy atom. The number of carbonyl (C=O) groups is 2. The highest BCUT2D eigenvalue weighted by Gasteiger charge is 2.33. The fourth-order valence-corrected chi connectivity index (χ4v) is 3.64. The summed E-state index contributed by atoms with van der Waals surface area (Å²) in [6.07, 6.45) is 0.149. The fourth-order valence-electron chi connectivity index (χ4n) is 2.82. The third-order valence-corrected chi connectivity index (χ3v) is 4.70. The summed E-state index contributed by atoms with van der Waals surface area (Å²) in [6, 6.07) is 8.20. The highest BCUT2D eigenvalue weighted by Crippen LogP contribution is 2.40. The molecule has 0 aliphatic carbocycles. The standard InChI is InChI=1S/C17H13Cl3N2O3/c18-9-3-1-2-8(4-9)16(23)22-13-7-14(17(24)25)21-12-6-10(19)5-11(20)15(12)13/h1-6,13-14,21H,7H2,(H,22,23)(H,24,25). The van der Waals surface area contributed by atoms with Crippen LogP contribution in [-0.4, -0.2) is 23.0 Å². The molecular formula is C17H13Cl3N2O3. The summed E-state index contributed by atoms with van der Waals surface area (Å²) >= 11 is 18.2. The molecule has 2 unspecified atom stereocenters. The molecule has 130 valence electrons. The van der Waals surface area contributed by atoms with Gasteiger partial charge in [0.1, 0.15) is 6.04 Å². The molecule has 0 bridgehead atoms. The number of carbonyl (C=O) groups excluding carboxylic acids is 1. The Morgan fingerprint density at radius 2 is 1.88 bits per heavy atom. The Hall–Kier alpha value is -1.95. The van der Waals surface area contributed by atoms with Crippen molar-refractivity contribution in [2.75, 3.05) is 5.32 Å². The third kappa shape index (κ3) is 3.84. The zero-order chi connectivity index (χ0) is 18.1. The highest BCUT2D eigenvalue weighted by atomic mass is 35.5. The number of hydrogen-bond donors (Lipinski definition) is 3. The number of aliphatic carboxylic acids is 1. The molecule has 0 aromatic heterocycles. The van der Waals surface area contributed by atoms with E-state index in [1.165, 1.54) is 6.07 Å². The van der Waals surface area contributed by atoms with Crippen molar-refractivity contribution in [1.82, 2.24) is 5.32 Å². The summed E-state index contributed by atoms with van der Waals surface area (Å²) in [7, 11) is 0. The van der Waals surface area contributed by atoms with Gasteiger partial charge in [0.2, 0.25) is 0 Å². The number of nitrogens with one attached hydrogen (secondary N) is 2. The average molecular weight is 400 g/mol. The molecule has 3 N–H and O–H groups in total. The van der Waals surface area contributed by atoms with E-state index in [9.17, 15) is 14.7 Å². The van der Waals surface area contributed by atoms with Crippen LogP contribution in [0.1, 0.15) is 28.4 Å². The number of fused-ring (bicyclic) bond motifs is 1. The topological polar surface area (TPSA) is 78.4 Å². The number of rotatable bonds is 3. The number of hydrogen-bond acceptors (Lipinski definition) is 3. The molecule has 2 aromatic rings. The van der Waals surface area contributed by atoms with Gasteiger partial charge in [-0.25, -0.2) is 4.79 Å². The minimum absolute atomic E-state index is 0.149. The fraction of sp³-hybridized carbons (Fsp3) is 0.176. The van der Waals surface area contributed by atoms with Gasteiger partial charge in [0.05, 0.1) is 6.04 Å². The molecule has 8 heteroatoms. The molecule has 0 fully saturated rings. The van der Waals surface area contributed by atoms with Crippen molar-refractivity contribution < 1.29 is 14.7 Å². The van der Waals surface area contributed by atoms with Gasteiger partial charge < -0.3 is 15.7 Å². The van der Waals surface area contributed by atoms with Crippen LogP contribution in [0.25, 0.3) is 0 Å². The quantitative estimate of drug-likeness (QED) is 0.715. The summed E-state index contributed by atoms with van der Waals surface area (Å²) < 4.78 is 0. The van der Waals surface area contributed by atoms with E-state index in [0.717, 1.165) is 0 Å². The minimum atomic E-state index is -1.02. The van der Waals surface area contributed by atoms with E-state index in [0.29, 0.717) is 31.9 Å². The smallest absolute Gasteiger partial charge is 0.326 e. The molecule has 3 rings (SSSR count). The van der Waals surface area contributed by atoms with Crippen molar-refractivity contribution in [3.05, 3.63) is 62.6 Å². The van der Waals surface area contributed by atoms with E-state index < -0.39 is 18.1 Å². The lowest BCUT2D eigenvalue weighted by atomic mass is 9.92. The van der Waals surface area contributed by atoms with Crippen LogP contribution in [0.4, 0.5) is 5.69 Å². The number of carboxylic acids is 1. The van der Waals surface area contributed by atoms with E-state index in [2.05, 4.69) is 10.6 Å². The van der Waals surface area contributed by atoms with Gasteiger partial charge in [-0.2, -0.15) is 0 Å². The Kier molecular flexibility index (Phi) is 5.08. The molecule has 0 saturated carbocycles. The van der Waals surface area contributed by atoms with Crippen LogP contribution in [0.5, 0.6) is 0 Å². The summed E-state index contributed by atoms with van der Waals surface area (Å²) in [6.45, 7) is 0.